The summed E-state index contributed by atoms with van der Waals surface area (Å²) in [5.41, 5.74) is 4.23. The highest BCUT2D eigenvalue weighted by molar-refractivity contribution is 6.30. The fourth-order valence-electron chi connectivity index (χ4n) is 2.48. The lowest BCUT2D eigenvalue weighted by Crippen LogP contribution is -1.87. The minimum Gasteiger partial charge on any atom is -0.334 e. The normalized spacial score (nSPS) is 10.9. The van der Waals surface area contributed by atoms with Gasteiger partial charge in [-0.25, -0.2) is 0 Å². The second kappa shape index (κ2) is 6.97. The zero-order valence-electron chi connectivity index (χ0n) is 13.3. The van der Waals surface area contributed by atoms with E-state index in [4.69, 9.17) is 16.1 Å². The van der Waals surface area contributed by atoms with Crippen LogP contribution in [-0.2, 0) is 6.42 Å². The number of benzene rings is 2. The van der Waals surface area contributed by atoms with Crippen LogP contribution in [0.2, 0.25) is 5.02 Å². The Morgan fingerprint density at radius 3 is 2.61 bits per heavy atom. The fourth-order valence-corrected chi connectivity index (χ4v) is 2.65. The molecule has 2 aromatic carbocycles. The van der Waals surface area contributed by atoms with Crippen molar-refractivity contribution >= 4 is 11.6 Å². The standard InChI is InChI=1S/C19H19ClN2O/c1-3-4-5-14-7-9-15(10-8-14)19-21-18(22-23-19)17-12-16(20)11-6-13(17)2/h6-12H,3-5H2,1-2H3. The summed E-state index contributed by atoms with van der Waals surface area (Å²) in [7, 11) is 0. The van der Waals surface area contributed by atoms with Gasteiger partial charge in [0.2, 0.25) is 5.82 Å². The molecular formula is C19H19ClN2O. The molecule has 0 fully saturated rings. The van der Waals surface area contributed by atoms with Gasteiger partial charge in [-0.1, -0.05) is 48.3 Å². The molecule has 0 spiro atoms. The van der Waals surface area contributed by atoms with Crippen molar-refractivity contribution in [1.82, 2.24) is 10.1 Å². The first-order valence-corrected chi connectivity index (χ1v) is 8.24. The zero-order valence-corrected chi connectivity index (χ0v) is 14.1. The van der Waals surface area contributed by atoms with Crippen LogP contribution in [0.5, 0.6) is 0 Å². The Labute approximate surface area is 141 Å². The number of unbranched alkanes of at least 4 members (excludes halogenated alkanes) is 1. The lowest BCUT2D eigenvalue weighted by molar-refractivity contribution is 0.432. The van der Waals surface area contributed by atoms with Crippen molar-refractivity contribution < 1.29 is 4.52 Å². The number of aryl methyl sites for hydroxylation is 2. The molecule has 3 aromatic rings. The van der Waals surface area contributed by atoms with E-state index in [9.17, 15) is 0 Å². The molecule has 0 aliphatic rings. The molecule has 0 radical (unpaired) electrons. The van der Waals surface area contributed by atoms with Crippen molar-refractivity contribution in [2.75, 3.05) is 0 Å². The Bertz CT molecular complexity index is 793. The fraction of sp³-hybridized carbons (Fsp3) is 0.263. The van der Waals surface area contributed by atoms with Crippen LogP contribution in [0.25, 0.3) is 22.8 Å². The Morgan fingerprint density at radius 2 is 1.87 bits per heavy atom. The van der Waals surface area contributed by atoms with Gasteiger partial charge < -0.3 is 4.52 Å². The van der Waals surface area contributed by atoms with Gasteiger partial charge in [0.15, 0.2) is 0 Å². The largest absolute Gasteiger partial charge is 0.334 e. The van der Waals surface area contributed by atoms with Gasteiger partial charge in [-0.15, -0.1) is 0 Å². The van der Waals surface area contributed by atoms with Gasteiger partial charge in [0.25, 0.3) is 5.89 Å². The summed E-state index contributed by atoms with van der Waals surface area (Å²) >= 11 is 6.06. The second-order valence-electron chi connectivity index (χ2n) is 5.68. The maximum absolute atomic E-state index is 6.06. The van der Waals surface area contributed by atoms with Gasteiger partial charge in [0, 0.05) is 16.1 Å². The first kappa shape index (κ1) is 15.8. The molecule has 0 bridgehead atoms. The van der Waals surface area contributed by atoms with Gasteiger partial charge in [-0.3, -0.25) is 0 Å². The van der Waals surface area contributed by atoms with Crippen LogP contribution < -0.4 is 0 Å². The van der Waals surface area contributed by atoms with Gasteiger partial charge >= 0.3 is 0 Å². The SMILES string of the molecule is CCCCc1ccc(-c2nc(-c3cc(Cl)ccc3C)no2)cc1. The summed E-state index contributed by atoms with van der Waals surface area (Å²) in [6.45, 7) is 4.20. The molecule has 0 unspecified atom stereocenters. The van der Waals surface area contributed by atoms with Crippen molar-refractivity contribution in [3.8, 4) is 22.8 Å². The summed E-state index contributed by atoms with van der Waals surface area (Å²) in [5, 5.41) is 4.76. The first-order valence-electron chi connectivity index (χ1n) is 7.87. The van der Waals surface area contributed by atoms with E-state index in [2.05, 4.69) is 29.2 Å². The third-order valence-electron chi connectivity index (χ3n) is 3.89. The molecule has 0 aliphatic heterocycles. The molecule has 118 valence electrons. The van der Waals surface area contributed by atoms with Crippen molar-refractivity contribution in [2.45, 2.75) is 33.1 Å². The predicted molar refractivity (Wildman–Crippen MR) is 93.5 cm³/mol. The number of nitrogens with zero attached hydrogens (tertiary/aromatic N) is 2. The Kier molecular flexibility index (Phi) is 4.77. The van der Waals surface area contributed by atoms with Crippen LogP contribution in [-0.4, -0.2) is 10.1 Å². The molecule has 0 saturated heterocycles. The lowest BCUT2D eigenvalue weighted by atomic mass is 10.1. The number of aromatic nitrogens is 2. The molecular weight excluding hydrogens is 308 g/mol. The van der Waals surface area contributed by atoms with E-state index in [1.165, 1.54) is 18.4 Å². The molecule has 4 heteroatoms. The summed E-state index contributed by atoms with van der Waals surface area (Å²) in [6.07, 6.45) is 3.51. The smallest absolute Gasteiger partial charge is 0.258 e. The zero-order chi connectivity index (χ0) is 16.2. The van der Waals surface area contributed by atoms with Gasteiger partial charge in [-0.05, 0) is 55.2 Å². The van der Waals surface area contributed by atoms with E-state index < -0.39 is 0 Å². The van der Waals surface area contributed by atoms with E-state index in [1.54, 1.807) is 0 Å². The Morgan fingerprint density at radius 1 is 1.09 bits per heavy atom. The summed E-state index contributed by atoms with van der Waals surface area (Å²) in [4.78, 5) is 4.51. The van der Waals surface area contributed by atoms with Crippen LogP contribution in [0.15, 0.2) is 47.0 Å². The summed E-state index contributed by atoms with van der Waals surface area (Å²) in [6, 6.07) is 14.0. The first-order chi connectivity index (χ1) is 11.2. The average Bonchev–Trinajstić information content (AvgIpc) is 3.05. The molecule has 0 saturated carbocycles. The van der Waals surface area contributed by atoms with Crippen molar-refractivity contribution in [3.63, 3.8) is 0 Å². The molecule has 1 heterocycles. The highest BCUT2D eigenvalue weighted by atomic mass is 35.5. The topological polar surface area (TPSA) is 38.9 Å². The van der Waals surface area contributed by atoms with Gasteiger partial charge in [0.05, 0.1) is 0 Å². The van der Waals surface area contributed by atoms with E-state index in [1.807, 2.05) is 37.3 Å². The van der Waals surface area contributed by atoms with Crippen molar-refractivity contribution in [2.24, 2.45) is 0 Å². The highest BCUT2D eigenvalue weighted by Gasteiger charge is 2.12. The van der Waals surface area contributed by atoms with Crippen LogP contribution in [0.4, 0.5) is 0 Å². The molecule has 0 amide bonds. The van der Waals surface area contributed by atoms with E-state index >= 15 is 0 Å². The molecule has 0 N–H and O–H groups in total. The number of hydrogen-bond acceptors (Lipinski definition) is 3. The molecule has 3 rings (SSSR count). The van der Waals surface area contributed by atoms with E-state index in [0.29, 0.717) is 16.7 Å². The summed E-state index contributed by atoms with van der Waals surface area (Å²) < 4.78 is 5.42. The predicted octanol–water partition coefficient (Wildman–Crippen LogP) is 5.71. The maximum Gasteiger partial charge on any atom is 0.258 e. The minimum atomic E-state index is 0.529. The Hall–Kier alpha value is -2.13. The molecule has 1 aromatic heterocycles. The number of halogens is 1. The van der Waals surface area contributed by atoms with Crippen LogP contribution in [0, 0.1) is 6.92 Å². The summed E-state index contributed by atoms with van der Waals surface area (Å²) in [5.74, 6) is 1.09. The van der Waals surface area contributed by atoms with E-state index in [0.717, 1.165) is 23.1 Å². The number of rotatable bonds is 5. The number of hydrogen-bond donors (Lipinski definition) is 0. The molecule has 0 atom stereocenters. The Balaban J connectivity index is 1.85. The monoisotopic (exact) mass is 326 g/mol. The lowest BCUT2D eigenvalue weighted by Gasteiger charge is -2.01. The molecule has 3 nitrogen and oxygen atoms in total. The maximum atomic E-state index is 6.06. The molecule has 23 heavy (non-hydrogen) atoms. The van der Waals surface area contributed by atoms with Crippen LogP contribution in [0.1, 0.15) is 30.9 Å². The molecule has 0 aliphatic carbocycles. The average molecular weight is 327 g/mol. The van der Waals surface area contributed by atoms with E-state index in [-0.39, 0.29) is 0 Å². The van der Waals surface area contributed by atoms with Crippen LogP contribution >= 0.6 is 11.6 Å². The van der Waals surface area contributed by atoms with Gasteiger partial charge in [-0.2, -0.15) is 4.98 Å². The van der Waals surface area contributed by atoms with Gasteiger partial charge in [0.1, 0.15) is 0 Å². The van der Waals surface area contributed by atoms with Crippen molar-refractivity contribution in [1.29, 1.82) is 0 Å². The quantitative estimate of drug-likeness (QED) is 0.603. The minimum absolute atomic E-state index is 0.529. The highest BCUT2D eigenvalue weighted by Crippen LogP contribution is 2.27. The second-order valence-corrected chi connectivity index (χ2v) is 6.12. The van der Waals surface area contributed by atoms with Crippen molar-refractivity contribution in [3.05, 3.63) is 58.6 Å². The third kappa shape index (κ3) is 3.62. The van der Waals surface area contributed by atoms with Crippen LogP contribution in [0.3, 0.4) is 0 Å². The third-order valence-corrected chi connectivity index (χ3v) is 4.12.